The number of benzene rings is 1. The molecule has 1 aromatic carbocycles. The van der Waals surface area contributed by atoms with Gasteiger partial charge in [0.05, 0.1) is 19.3 Å². The number of nitrogens with zero attached hydrogens (tertiary/aromatic N) is 1. The zero-order valence-electron chi connectivity index (χ0n) is 16.5. The molecule has 1 saturated heterocycles. The van der Waals surface area contributed by atoms with Crippen molar-refractivity contribution in [1.29, 1.82) is 0 Å². The summed E-state index contributed by atoms with van der Waals surface area (Å²) in [4.78, 5) is 2.71. The van der Waals surface area contributed by atoms with Crippen molar-refractivity contribution in [2.45, 2.75) is 69.6 Å². The lowest BCUT2D eigenvalue weighted by molar-refractivity contribution is 0.0146. The maximum atomic E-state index is 13.6. The molecule has 5 heteroatoms. The zero-order valence-corrected chi connectivity index (χ0v) is 16.5. The second-order valence-electron chi connectivity index (χ2n) is 8.22. The largest absolute Gasteiger partial charge is 0.389 e. The summed E-state index contributed by atoms with van der Waals surface area (Å²) < 4.78 is 19.1. The van der Waals surface area contributed by atoms with E-state index >= 15 is 0 Å². The molecule has 152 valence electrons. The summed E-state index contributed by atoms with van der Waals surface area (Å²) in [6.07, 6.45) is 9.92. The van der Waals surface area contributed by atoms with E-state index in [1.165, 1.54) is 70.5 Å². The fraction of sp³-hybridized carbons (Fsp3) is 0.727. The smallest absolute Gasteiger partial charge is 0.128 e. The molecule has 1 atom stereocenters. The van der Waals surface area contributed by atoms with E-state index in [-0.39, 0.29) is 24.6 Å². The first kappa shape index (κ1) is 20.7. The monoisotopic (exact) mass is 378 g/mol. The average molecular weight is 379 g/mol. The zero-order chi connectivity index (χ0) is 19.0. The summed E-state index contributed by atoms with van der Waals surface area (Å²) in [7, 11) is 0. The average Bonchev–Trinajstić information content (AvgIpc) is 2.71. The minimum Gasteiger partial charge on any atom is -0.389 e. The third-order valence-corrected chi connectivity index (χ3v) is 6.17. The first-order valence-corrected chi connectivity index (χ1v) is 10.6. The Balaban J connectivity index is 1.40. The van der Waals surface area contributed by atoms with Gasteiger partial charge in [0, 0.05) is 24.2 Å². The molecule has 27 heavy (non-hydrogen) atoms. The number of aliphatic hydroxyl groups excluding tert-OH is 1. The number of halogens is 1. The third kappa shape index (κ3) is 5.98. The molecule has 0 radical (unpaired) electrons. The molecule has 2 fully saturated rings. The Morgan fingerprint density at radius 2 is 1.78 bits per heavy atom. The molecular weight excluding hydrogens is 343 g/mol. The second-order valence-corrected chi connectivity index (χ2v) is 8.22. The van der Waals surface area contributed by atoms with Crippen molar-refractivity contribution in [3.8, 4) is 0 Å². The van der Waals surface area contributed by atoms with E-state index in [1.54, 1.807) is 18.2 Å². The molecule has 0 aromatic heterocycles. The van der Waals surface area contributed by atoms with Gasteiger partial charge in [-0.05, 0) is 44.8 Å². The molecule has 0 unspecified atom stereocenters. The number of likely N-dealkylation sites (tertiary alicyclic amines) is 1. The Morgan fingerprint density at radius 1 is 1.07 bits per heavy atom. The van der Waals surface area contributed by atoms with Gasteiger partial charge in [0.1, 0.15) is 5.82 Å². The SMILES string of the molecule is O[C@@H](CNCC1(N2CCCCC2)CCCCC1)COCc1ccccc1F. The first-order valence-electron chi connectivity index (χ1n) is 10.6. The van der Waals surface area contributed by atoms with Crippen molar-refractivity contribution >= 4 is 0 Å². The summed E-state index contributed by atoms with van der Waals surface area (Å²) in [6.45, 7) is 4.32. The Hall–Kier alpha value is -1.01. The molecule has 1 aromatic rings. The number of rotatable bonds is 9. The fourth-order valence-electron chi connectivity index (χ4n) is 4.63. The lowest BCUT2D eigenvalue weighted by Gasteiger charge is -2.48. The standard InChI is InChI=1S/C22H35FN2O2/c23-21-10-4-3-9-19(21)16-27-17-20(26)15-24-18-22(11-5-1-6-12-22)25-13-7-2-8-14-25/h3-4,9-10,20,24,26H,1-2,5-8,11-18H2/t20-/m0/s1. The topological polar surface area (TPSA) is 44.7 Å². The van der Waals surface area contributed by atoms with Gasteiger partial charge in [0.15, 0.2) is 0 Å². The van der Waals surface area contributed by atoms with Crippen molar-refractivity contribution in [2.24, 2.45) is 0 Å². The van der Waals surface area contributed by atoms with E-state index in [0.29, 0.717) is 12.1 Å². The second kappa shape index (κ2) is 10.5. The number of piperidine rings is 1. The minimum atomic E-state index is -0.571. The highest BCUT2D eigenvalue weighted by Gasteiger charge is 2.37. The van der Waals surface area contributed by atoms with Crippen LogP contribution in [-0.4, -0.2) is 54.4 Å². The summed E-state index contributed by atoms with van der Waals surface area (Å²) >= 11 is 0. The number of aliphatic hydroxyl groups is 1. The minimum absolute atomic E-state index is 0.196. The number of hydrogen-bond acceptors (Lipinski definition) is 4. The molecule has 1 aliphatic carbocycles. The van der Waals surface area contributed by atoms with Crippen LogP contribution in [0.2, 0.25) is 0 Å². The summed E-state index contributed by atoms with van der Waals surface area (Å²) in [5.41, 5.74) is 0.802. The van der Waals surface area contributed by atoms with Gasteiger partial charge < -0.3 is 15.2 Å². The van der Waals surface area contributed by atoms with E-state index in [1.807, 2.05) is 0 Å². The molecule has 1 aliphatic heterocycles. The normalized spacial score (nSPS) is 21.9. The molecule has 1 heterocycles. The predicted octanol–water partition coefficient (Wildman–Crippen LogP) is 3.48. The van der Waals surface area contributed by atoms with Crippen LogP contribution in [0.1, 0.15) is 56.9 Å². The molecule has 0 amide bonds. The van der Waals surface area contributed by atoms with E-state index in [9.17, 15) is 9.50 Å². The van der Waals surface area contributed by atoms with Crippen LogP contribution in [0, 0.1) is 5.82 Å². The van der Waals surface area contributed by atoms with Crippen molar-refractivity contribution in [2.75, 3.05) is 32.8 Å². The molecule has 2 aliphatic rings. The van der Waals surface area contributed by atoms with Gasteiger partial charge in [-0.2, -0.15) is 0 Å². The summed E-state index contributed by atoms with van der Waals surface area (Å²) in [5, 5.41) is 13.7. The highest BCUT2D eigenvalue weighted by molar-refractivity contribution is 5.16. The number of nitrogens with one attached hydrogen (secondary N) is 1. The van der Waals surface area contributed by atoms with Crippen LogP contribution in [0.15, 0.2) is 24.3 Å². The lowest BCUT2D eigenvalue weighted by atomic mass is 9.79. The van der Waals surface area contributed by atoms with Gasteiger partial charge in [0.2, 0.25) is 0 Å². The van der Waals surface area contributed by atoms with Crippen LogP contribution in [0.3, 0.4) is 0 Å². The third-order valence-electron chi connectivity index (χ3n) is 6.17. The van der Waals surface area contributed by atoms with Gasteiger partial charge in [0.25, 0.3) is 0 Å². The van der Waals surface area contributed by atoms with Crippen LogP contribution in [0.5, 0.6) is 0 Å². The van der Waals surface area contributed by atoms with E-state index < -0.39 is 6.10 Å². The molecule has 4 nitrogen and oxygen atoms in total. The fourth-order valence-corrected chi connectivity index (χ4v) is 4.63. The van der Waals surface area contributed by atoms with Gasteiger partial charge in [-0.1, -0.05) is 43.9 Å². The van der Waals surface area contributed by atoms with Crippen molar-refractivity contribution in [3.05, 3.63) is 35.6 Å². The van der Waals surface area contributed by atoms with Crippen LogP contribution < -0.4 is 5.32 Å². The van der Waals surface area contributed by atoms with Gasteiger partial charge >= 0.3 is 0 Å². The van der Waals surface area contributed by atoms with E-state index in [2.05, 4.69) is 10.2 Å². The van der Waals surface area contributed by atoms with Crippen LogP contribution in [0.4, 0.5) is 4.39 Å². The number of ether oxygens (including phenoxy) is 1. The Morgan fingerprint density at radius 3 is 2.52 bits per heavy atom. The lowest BCUT2D eigenvalue weighted by Crippen LogP contribution is -2.58. The Labute approximate surface area is 163 Å². The van der Waals surface area contributed by atoms with Crippen LogP contribution in [-0.2, 0) is 11.3 Å². The van der Waals surface area contributed by atoms with Gasteiger partial charge in [-0.3, -0.25) is 4.90 Å². The summed E-state index contributed by atoms with van der Waals surface area (Å²) in [6, 6.07) is 6.61. The van der Waals surface area contributed by atoms with Crippen LogP contribution >= 0.6 is 0 Å². The maximum absolute atomic E-state index is 13.6. The van der Waals surface area contributed by atoms with Gasteiger partial charge in [-0.25, -0.2) is 4.39 Å². The molecular formula is C22H35FN2O2. The highest BCUT2D eigenvalue weighted by Crippen LogP contribution is 2.35. The molecule has 2 N–H and O–H groups in total. The van der Waals surface area contributed by atoms with Crippen molar-refractivity contribution < 1.29 is 14.2 Å². The maximum Gasteiger partial charge on any atom is 0.128 e. The van der Waals surface area contributed by atoms with E-state index in [4.69, 9.17) is 4.74 Å². The summed E-state index contributed by atoms with van der Waals surface area (Å²) in [5.74, 6) is -0.258. The number of hydrogen-bond donors (Lipinski definition) is 2. The highest BCUT2D eigenvalue weighted by atomic mass is 19.1. The predicted molar refractivity (Wildman–Crippen MR) is 106 cm³/mol. The molecule has 0 bridgehead atoms. The van der Waals surface area contributed by atoms with Crippen molar-refractivity contribution in [3.63, 3.8) is 0 Å². The molecule has 3 rings (SSSR count). The van der Waals surface area contributed by atoms with Gasteiger partial charge in [-0.15, -0.1) is 0 Å². The Kier molecular flexibility index (Phi) is 8.07. The van der Waals surface area contributed by atoms with Crippen LogP contribution in [0.25, 0.3) is 0 Å². The quantitative estimate of drug-likeness (QED) is 0.691. The Bertz CT molecular complexity index is 557. The first-order chi connectivity index (χ1) is 13.2. The molecule has 0 spiro atoms. The van der Waals surface area contributed by atoms with Crippen molar-refractivity contribution in [1.82, 2.24) is 10.2 Å². The van der Waals surface area contributed by atoms with E-state index in [0.717, 1.165) is 6.54 Å². The molecule has 1 saturated carbocycles.